The van der Waals surface area contributed by atoms with Crippen molar-refractivity contribution in [3.8, 4) is 11.3 Å². The molecule has 0 saturated carbocycles. The van der Waals surface area contributed by atoms with Crippen LogP contribution in [-0.4, -0.2) is 16.3 Å². The molecule has 0 saturated heterocycles. The summed E-state index contributed by atoms with van der Waals surface area (Å²) in [6.07, 6.45) is -1.68. The molecule has 0 aliphatic rings. The van der Waals surface area contributed by atoms with E-state index in [1.165, 1.54) is 18.5 Å². The number of alkyl halides is 3. The molecule has 1 heterocycles. The summed E-state index contributed by atoms with van der Waals surface area (Å²) in [5.41, 5.74) is 7.76. The average Bonchev–Trinajstić information content (AvgIpc) is 2.47. The van der Waals surface area contributed by atoms with Gasteiger partial charge in [0.15, 0.2) is 5.11 Å². The lowest BCUT2D eigenvalue weighted by Crippen LogP contribution is -2.23. The van der Waals surface area contributed by atoms with Crippen molar-refractivity contribution in [3.05, 3.63) is 53.7 Å². The molecule has 3 N–H and O–H groups in total. The molecule has 0 radical (unpaired) electrons. The van der Waals surface area contributed by atoms with Crippen LogP contribution in [-0.2, 0) is 6.18 Å². The van der Waals surface area contributed by atoms with Gasteiger partial charge >= 0.3 is 6.18 Å². The maximum absolute atomic E-state index is 13.0. The second kappa shape index (κ2) is 6.52. The SMILES string of the molecule is NC(=S)NN=Cc1ccc(-c2ncccc2C(F)(F)F)cc1. The highest BCUT2D eigenvalue weighted by molar-refractivity contribution is 7.80. The quantitative estimate of drug-likeness (QED) is 0.518. The van der Waals surface area contributed by atoms with Gasteiger partial charge in [-0.2, -0.15) is 18.3 Å². The number of benzene rings is 1. The molecular formula is C14H11F3N4S. The molecule has 0 bridgehead atoms. The third-order valence-corrected chi connectivity index (χ3v) is 2.78. The Hall–Kier alpha value is -2.48. The van der Waals surface area contributed by atoms with Gasteiger partial charge in [-0.05, 0) is 29.9 Å². The maximum Gasteiger partial charge on any atom is 0.418 e. The fourth-order valence-electron chi connectivity index (χ4n) is 1.76. The van der Waals surface area contributed by atoms with Gasteiger partial charge in [-0.15, -0.1) is 0 Å². The number of halogens is 3. The highest BCUT2D eigenvalue weighted by Crippen LogP contribution is 2.35. The van der Waals surface area contributed by atoms with Crippen molar-refractivity contribution in [1.82, 2.24) is 10.4 Å². The van der Waals surface area contributed by atoms with Crippen LogP contribution in [0.2, 0.25) is 0 Å². The third kappa shape index (κ3) is 4.01. The maximum atomic E-state index is 13.0. The van der Waals surface area contributed by atoms with Gasteiger partial charge in [0.1, 0.15) is 0 Å². The molecule has 0 aliphatic heterocycles. The van der Waals surface area contributed by atoms with Crippen LogP contribution in [0.4, 0.5) is 13.2 Å². The van der Waals surface area contributed by atoms with Crippen molar-refractivity contribution in [3.63, 3.8) is 0 Å². The minimum atomic E-state index is -4.45. The second-order valence-electron chi connectivity index (χ2n) is 4.25. The van der Waals surface area contributed by atoms with E-state index in [2.05, 4.69) is 27.7 Å². The minimum absolute atomic E-state index is 0.0242. The lowest BCUT2D eigenvalue weighted by atomic mass is 10.0. The number of hydrogen-bond acceptors (Lipinski definition) is 3. The summed E-state index contributed by atoms with van der Waals surface area (Å²) in [5.74, 6) is 0. The highest BCUT2D eigenvalue weighted by atomic mass is 32.1. The molecule has 8 heteroatoms. The van der Waals surface area contributed by atoms with Crippen molar-refractivity contribution in [1.29, 1.82) is 0 Å². The molecule has 0 spiro atoms. The number of thiocarbonyl (C=S) groups is 1. The minimum Gasteiger partial charge on any atom is -0.375 e. The van der Waals surface area contributed by atoms with E-state index >= 15 is 0 Å². The fourth-order valence-corrected chi connectivity index (χ4v) is 1.81. The molecule has 2 rings (SSSR count). The van der Waals surface area contributed by atoms with Crippen molar-refractivity contribution in [2.45, 2.75) is 6.18 Å². The third-order valence-electron chi connectivity index (χ3n) is 2.69. The molecule has 0 atom stereocenters. The van der Waals surface area contributed by atoms with Crippen LogP contribution in [0.3, 0.4) is 0 Å². The van der Waals surface area contributed by atoms with Gasteiger partial charge in [0.25, 0.3) is 0 Å². The van der Waals surface area contributed by atoms with Gasteiger partial charge in [0.05, 0.1) is 17.5 Å². The van der Waals surface area contributed by atoms with E-state index in [-0.39, 0.29) is 10.8 Å². The Labute approximate surface area is 129 Å². The standard InChI is InChI=1S/C14H11F3N4S/c15-14(16,17)11-2-1-7-19-12(11)10-5-3-9(4-6-10)8-20-21-13(18)22/h1-8H,(H3,18,21,22). The largest absolute Gasteiger partial charge is 0.418 e. The lowest BCUT2D eigenvalue weighted by molar-refractivity contribution is -0.137. The first-order chi connectivity index (χ1) is 10.4. The average molecular weight is 324 g/mol. The van der Waals surface area contributed by atoms with Gasteiger partial charge in [0, 0.05) is 11.8 Å². The normalized spacial score (nSPS) is 11.6. The van der Waals surface area contributed by atoms with E-state index in [9.17, 15) is 13.2 Å². The van der Waals surface area contributed by atoms with Gasteiger partial charge in [-0.1, -0.05) is 24.3 Å². The molecule has 1 aromatic heterocycles. The van der Waals surface area contributed by atoms with Gasteiger partial charge in [0.2, 0.25) is 0 Å². The van der Waals surface area contributed by atoms with Crippen LogP contribution in [0.15, 0.2) is 47.7 Å². The predicted octanol–water partition coefficient (Wildman–Crippen LogP) is 2.93. The summed E-state index contributed by atoms with van der Waals surface area (Å²) in [7, 11) is 0. The van der Waals surface area contributed by atoms with E-state index in [4.69, 9.17) is 5.73 Å². The van der Waals surface area contributed by atoms with Crippen LogP contribution in [0.1, 0.15) is 11.1 Å². The zero-order valence-electron chi connectivity index (χ0n) is 11.1. The summed E-state index contributed by atoms with van der Waals surface area (Å²) in [5, 5.41) is 3.79. The Morgan fingerprint density at radius 1 is 1.23 bits per heavy atom. The van der Waals surface area contributed by atoms with Gasteiger partial charge < -0.3 is 5.73 Å². The molecule has 0 fully saturated rings. The van der Waals surface area contributed by atoms with Crippen molar-refractivity contribution in [2.75, 3.05) is 0 Å². The number of nitrogens with one attached hydrogen (secondary N) is 1. The Kier molecular flexibility index (Phi) is 4.71. The molecule has 2 aromatic rings. The first-order valence-electron chi connectivity index (χ1n) is 6.09. The Bertz CT molecular complexity index is 696. The van der Waals surface area contributed by atoms with Crippen molar-refractivity contribution in [2.24, 2.45) is 10.8 Å². The monoisotopic (exact) mass is 324 g/mol. The second-order valence-corrected chi connectivity index (χ2v) is 4.69. The number of pyridine rings is 1. The van der Waals surface area contributed by atoms with Crippen LogP contribution >= 0.6 is 12.2 Å². The van der Waals surface area contributed by atoms with Crippen LogP contribution in [0, 0.1) is 0 Å². The Morgan fingerprint density at radius 2 is 1.91 bits per heavy atom. The zero-order valence-corrected chi connectivity index (χ0v) is 11.9. The number of hydrazone groups is 1. The Morgan fingerprint density at radius 3 is 2.50 bits per heavy atom. The molecule has 114 valence electrons. The smallest absolute Gasteiger partial charge is 0.375 e. The topological polar surface area (TPSA) is 63.3 Å². The lowest BCUT2D eigenvalue weighted by Gasteiger charge is -2.11. The predicted molar refractivity (Wildman–Crippen MR) is 82.2 cm³/mol. The molecule has 4 nitrogen and oxygen atoms in total. The summed E-state index contributed by atoms with van der Waals surface area (Å²) in [4.78, 5) is 3.83. The van der Waals surface area contributed by atoms with E-state index in [1.807, 2.05) is 0 Å². The zero-order chi connectivity index (χ0) is 16.2. The highest BCUT2D eigenvalue weighted by Gasteiger charge is 2.34. The van der Waals surface area contributed by atoms with E-state index in [0.29, 0.717) is 11.1 Å². The summed E-state index contributed by atoms with van der Waals surface area (Å²) in [6.45, 7) is 0. The number of nitrogens with zero attached hydrogens (tertiary/aromatic N) is 2. The molecular weight excluding hydrogens is 313 g/mol. The van der Waals surface area contributed by atoms with E-state index in [0.717, 1.165) is 6.07 Å². The van der Waals surface area contributed by atoms with E-state index < -0.39 is 11.7 Å². The van der Waals surface area contributed by atoms with E-state index in [1.54, 1.807) is 24.3 Å². The molecule has 22 heavy (non-hydrogen) atoms. The van der Waals surface area contributed by atoms with Crippen molar-refractivity contribution < 1.29 is 13.2 Å². The Balaban J connectivity index is 2.28. The van der Waals surface area contributed by atoms with Crippen LogP contribution in [0.25, 0.3) is 11.3 Å². The molecule has 0 aliphatic carbocycles. The molecule has 1 aromatic carbocycles. The number of aromatic nitrogens is 1. The number of nitrogens with two attached hydrogens (primary N) is 1. The fraction of sp³-hybridized carbons (Fsp3) is 0.0714. The summed E-state index contributed by atoms with van der Waals surface area (Å²) < 4.78 is 38.9. The van der Waals surface area contributed by atoms with Gasteiger partial charge in [-0.25, -0.2) is 0 Å². The first-order valence-corrected chi connectivity index (χ1v) is 6.50. The van der Waals surface area contributed by atoms with Crippen LogP contribution < -0.4 is 11.2 Å². The molecule has 0 unspecified atom stereocenters. The molecule has 0 amide bonds. The van der Waals surface area contributed by atoms with Crippen LogP contribution in [0.5, 0.6) is 0 Å². The first kappa shape index (κ1) is 15.9. The summed E-state index contributed by atoms with van der Waals surface area (Å²) in [6, 6.07) is 8.59. The summed E-state index contributed by atoms with van der Waals surface area (Å²) >= 11 is 4.58. The number of rotatable bonds is 3. The number of hydrogen-bond donors (Lipinski definition) is 2. The van der Waals surface area contributed by atoms with Crippen molar-refractivity contribution >= 4 is 23.5 Å². The van der Waals surface area contributed by atoms with Gasteiger partial charge in [-0.3, -0.25) is 10.4 Å².